The Morgan fingerprint density at radius 1 is 1.42 bits per heavy atom. The Morgan fingerprint density at radius 3 is 2.75 bits per heavy atom. The molecular weight excluding hydrogens is 154 g/mol. The lowest BCUT2D eigenvalue weighted by Gasteiger charge is -2.26. The molecule has 1 N–H and O–H groups in total. The average molecular weight is 165 g/mol. The summed E-state index contributed by atoms with van der Waals surface area (Å²) in [6.45, 7) is 2.82. The molecule has 1 aromatic heterocycles. The lowest BCUT2D eigenvalue weighted by molar-refractivity contribution is 0.187. The van der Waals surface area contributed by atoms with Gasteiger partial charge in [0.1, 0.15) is 0 Å². The quantitative estimate of drug-likeness (QED) is 0.688. The maximum absolute atomic E-state index is 5.35. The molecule has 0 aliphatic carbocycles. The highest BCUT2D eigenvalue weighted by Gasteiger charge is 2.17. The fourth-order valence-electron chi connectivity index (χ4n) is 1.02. The summed E-state index contributed by atoms with van der Waals surface area (Å²) in [6.07, 6.45) is 3.36. The first-order valence-corrected chi connectivity index (χ1v) is 4.05. The van der Waals surface area contributed by atoms with Crippen molar-refractivity contribution >= 4 is 0 Å². The van der Waals surface area contributed by atoms with Gasteiger partial charge in [0.2, 0.25) is 0 Å². The normalized spacial score (nSPS) is 17.0. The van der Waals surface area contributed by atoms with Crippen molar-refractivity contribution in [1.82, 2.24) is 15.3 Å². The van der Waals surface area contributed by atoms with Crippen LogP contribution in [0.1, 0.15) is 0 Å². The van der Waals surface area contributed by atoms with E-state index < -0.39 is 0 Å². The highest BCUT2D eigenvalue weighted by atomic mass is 16.5. The Labute approximate surface area is 71.0 Å². The molecule has 2 heterocycles. The third-order valence-electron chi connectivity index (χ3n) is 1.86. The van der Waals surface area contributed by atoms with E-state index in [1.807, 2.05) is 0 Å². The van der Waals surface area contributed by atoms with Crippen molar-refractivity contribution in [2.45, 2.75) is 0 Å². The molecule has 12 heavy (non-hydrogen) atoms. The van der Waals surface area contributed by atoms with Crippen LogP contribution in [0.3, 0.4) is 0 Å². The third kappa shape index (κ3) is 1.71. The minimum atomic E-state index is 0.476. The predicted molar refractivity (Wildman–Crippen MR) is 43.9 cm³/mol. The average Bonchev–Trinajstić information content (AvgIpc) is 2.04. The zero-order valence-electron chi connectivity index (χ0n) is 6.73. The molecule has 0 radical (unpaired) electrons. The molecule has 0 spiro atoms. The van der Waals surface area contributed by atoms with Gasteiger partial charge in [-0.15, -0.1) is 0 Å². The molecule has 0 saturated carbocycles. The Morgan fingerprint density at radius 2 is 2.17 bits per heavy atom. The van der Waals surface area contributed by atoms with E-state index in [0.29, 0.717) is 11.9 Å². The monoisotopic (exact) mass is 165 g/mol. The first kappa shape index (κ1) is 7.49. The highest BCUT2D eigenvalue weighted by molar-refractivity contribution is 4.93. The number of rotatable bonds is 3. The van der Waals surface area contributed by atoms with Crippen LogP contribution in [0, 0.1) is 5.92 Å². The van der Waals surface area contributed by atoms with E-state index >= 15 is 0 Å². The Hall–Kier alpha value is -1.16. The van der Waals surface area contributed by atoms with Crippen molar-refractivity contribution < 1.29 is 4.74 Å². The first-order valence-electron chi connectivity index (χ1n) is 4.05. The second-order valence-corrected chi connectivity index (χ2v) is 2.87. The Balaban J connectivity index is 1.79. The van der Waals surface area contributed by atoms with Crippen molar-refractivity contribution in [2.75, 3.05) is 19.7 Å². The summed E-state index contributed by atoms with van der Waals surface area (Å²) in [5, 5.41) is 3.18. The Bertz CT molecular complexity index is 235. The van der Waals surface area contributed by atoms with Crippen molar-refractivity contribution in [3.8, 4) is 6.01 Å². The van der Waals surface area contributed by atoms with Gasteiger partial charge in [-0.05, 0) is 6.07 Å². The smallest absolute Gasteiger partial charge is 0.316 e. The van der Waals surface area contributed by atoms with E-state index in [0.717, 1.165) is 19.7 Å². The fourth-order valence-corrected chi connectivity index (χ4v) is 1.02. The molecule has 0 unspecified atom stereocenters. The van der Waals surface area contributed by atoms with Gasteiger partial charge < -0.3 is 10.1 Å². The summed E-state index contributed by atoms with van der Waals surface area (Å²) in [7, 11) is 0. The van der Waals surface area contributed by atoms with Crippen molar-refractivity contribution in [3.05, 3.63) is 18.5 Å². The lowest BCUT2D eigenvalue weighted by Crippen LogP contribution is -2.45. The van der Waals surface area contributed by atoms with Gasteiger partial charge in [-0.3, -0.25) is 0 Å². The zero-order chi connectivity index (χ0) is 8.23. The van der Waals surface area contributed by atoms with Crippen molar-refractivity contribution in [3.63, 3.8) is 0 Å². The van der Waals surface area contributed by atoms with Crippen LogP contribution in [0.4, 0.5) is 0 Å². The van der Waals surface area contributed by atoms with E-state index in [1.54, 1.807) is 18.5 Å². The topological polar surface area (TPSA) is 47.0 Å². The van der Waals surface area contributed by atoms with Crippen LogP contribution in [0.2, 0.25) is 0 Å². The van der Waals surface area contributed by atoms with Gasteiger partial charge in [0.05, 0.1) is 6.61 Å². The third-order valence-corrected chi connectivity index (χ3v) is 1.86. The van der Waals surface area contributed by atoms with Gasteiger partial charge in [0, 0.05) is 31.4 Å². The summed E-state index contributed by atoms with van der Waals surface area (Å²) in [6, 6.07) is 2.25. The van der Waals surface area contributed by atoms with Crippen molar-refractivity contribution in [2.24, 2.45) is 5.92 Å². The van der Waals surface area contributed by atoms with Gasteiger partial charge >= 0.3 is 6.01 Å². The molecule has 4 nitrogen and oxygen atoms in total. The minimum absolute atomic E-state index is 0.476. The molecule has 1 aliphatic rings. The zero-order valence-corrected chi connectivity index (χ0v) is 6.73. The molecule has 0 amide bonds. The lowest BCUT2D eigenvalue weighted by atomic mass is 10.1. The van der Waals surface area contributed by atoms with Crippen LogP contribution in [0.15, 0.2) is 18.5 Å². The van der Waals surface area contributed by atoms with E-state index in [1.165, 1.54) is 0 Å². The fraction of sp³-hybridized carbons (Fsp3) is 0.500. The molecule has 4 heteroatoms. The van der Waals surface area contributed by atoms with Crippen LogP contribution in [0.25, 0.3) is 0 Å². The van der Waals surface area contributed by atoms with Gasteiger partial charge in [-0.1, -0.05) is 0 Å². The minimum Gasteiger partial charge on any atom is -0.463 e. The van der Waals surface area contributed by atoms with E-state index in [2.05, 4.69) is 15.3 Å². The van der Waals surface area contributed by atoms with Crippen LogP contribution >= 0.6 is 0 Å². The van der Waals surface area contributed by atoms with Crippen molar-refractivity contribution in [1.29, 1.82) is 0 Å². The maximum Gasteiger partial charge on any atom is 0.316 e. The molecule has 1 aromatic rings. The largest absolute Gasteiger partial charge is 0.463 e. The van der Waals surface area contributed by atoms with Gasteiger partial charge in [-0.25, -0.2) is 9.97 Å². The molecule has 0 aromatic carbocycles. The molecule has 1 aliphatic heterocycles. The molecule has 0 bridgehead atoms. The summed E-state index contributed by atoms with van der Waals surface area (Å²) in [5.41, 5.74) is 0. The summed E-state index contributed by atoms with van der Waals surface area (Å²) in [5.74, 6) is 0.633. The Kier molecular flexibility index (Phi) is 2.18. The SMILES string of the molecule is c1cnc(OCC2CNC2)nc1. The number of aromatic nitrogens is 2. The van der Waals surface area contributed by atoms with Crippen LogP contribution in [-0.4, -0.2) is 29.7 Å². The summed E-state index contributed by atoms with van der Waals surface area (Å²) < 4.78 is 5.35. The van der Waals surface area contributed by atoms with E-state index in [-0.39, 0.29) is 0 Å². The molecule has 1 saturated heterocycles. The summed E-state index contributed by atoms with van der Waals surface area (Å²) >= 11 is 0. The molecular formula is C8H11N3O. The standard InChI is InChI=1S/C8H11N3O/c1-2-10-8(11-3-1)12-6-7-4-9-5-7/h1-3,7,9H,4-6H2. The van der Waals surface area contributed by atoms with E-state index in [4.69, 9.17) is 4.74 Å². The number of hydrogen-bond acceptors (Lipinski definition) is 4. The second kappa shape index (κ2) is 3.49. The van der Waals surface area contributed by atoms with Gasteiger partial charge in [0.15, 0.2) is 0 Å². The first-order chi connectivity index (χ1) is 5.95. The second-order valence-electron chi connectivity index (χ2n) is 2.87. The number of nitrogens with one attached hydrogen (secondary N) is 1. The maximum atomic E-state index is 5.35. The van der Waals surface area contributed by atoms with Crippen LogP contribution < -0.4 is 10.1 Å². The van der Waals surface area contributed by atoms with Crippen LogP contribution in [0.5, 0.6) is 6.01 Å². The molecule has 64 valence electrons. The number of nitrogens with zero attached hydrogens (tertiary/aromatic N) is 2. The molecule has 0 atom stereocenters. The van der Waals surface area contributed by atoms with E-state index in [9.17, 15) is 0 Å². The van der Waals surface area contributed by atoms with Crippen LogP contribution in [-0.2, 0) is 0 Å². The number of ether oxygens (including phenoxy) is 1. The predicted octanol–water partition coefficient (Wildman–Crippen LogP) is 0.0748. The van der Waals surface area contributed by atoms with Gasteiger partial charge in [-0.2, -0.15) is 0 Å². The molecule has 1 fully saturated rings. The highest BCUT2D eigenvalue weighted by Crippen LogP contribution is 2.05. The molecule has 2 rings (SSSR count). The van der Waals surface area contributed by atoms with Gasteiger partial charge in [0.25, 0.3) is 0 Å². The summed E-state index contributed by atoms with van der Waals surface area (Å²) in [4.78, 5) is 7.91. The number of hydrogen-bond donors (Lipinski definition) is 1.